The van der Waals surface area contributed by atoms with Crippen LogP contribution in [0.25, 0.3) is 17.0 Å². The first kappa shape index (κ1) is 18.9. The Morgan fingerprint density at radius 3 is 2.72 bits per heavy atom. The van der Waals surface area contributed by atoms with Crippen molar-refractivity contribution in [1.82, 2.24) is 25.2 Å². The minimum Gasteiger partial charge on any atom is -0.355 e. The van der Waals surface area contributed by atoms with Gasteiger partial charge in [-0.05, 0) is 28.1 Å². The average Bonchev–Trinajstić information content (AvgIpc) is 3.38. The summed E-state index contributed by atoms with van der Waals surface area (Å²) < 4.78 is 7.99. The Kier molecular flexibility index (Phi) is 5.39. The zero-order chi connectivity index (χ0) is 20.2. The topological polar surface area (TPSA) is 102 Å². The van der Waals surface area contributed by atoms with Gasteiger partial charge in [-0.1, -0.05) is 35.5 Å². The molecular formula is C20H16BrN5O3. The summed E-state index contributed by atoms with van der Waals surface area (Å²) >= 11 is 3.40. The minimum atomic E-state index is -0.483. The molecule has 0 aliphatic heterocycles. The number of imidazole rings is 1. The maximum Gasteiger partial charge on any atom is 0.273 e. The Morgan fingerprint density at radius 2 is 1.90 bits per heavy atom. The van der Waals surface area contributed by atoms with Gasteiger partial charge in [-0.25, -0.2) is 4.98 Å². The van der Waals surface area contributed by atoms with Gasteiger partial charge in [0, 0.05) is 28.5 Å². The zero-order valence-corrected chi connectivity index (χ0v) is 16.7. The quantitative estimate of drug-likeness (QED) is 0.467. The molecule has 1 aromatic carbocycles. The summed E-state index contributed by atoms with van der Waals surface area (Å²) in [5.41, 5.74) is 2.43. The Hall–Kier alpha value is -3.46. The standard InChI is InChI=1S/C20H16BrN5O3/c21-14-6-7-18-24-15(12-26(18)11-14)9-22-19(27)10-23-20(28)16-8-17(29-25-16)13-4-2-1-3-5-13/h1-8,11-12H,9-10H2,(H,22,27)(H,23,28). The van der Waals surface area contributed by atoms with Gasteiger partial charge in [-0.3, -0.25) is 9.59 Å². The third kappa shape index (κ3) is 4.52. The number of nitrogens with zero attached hydrogens (tertiary/aromatic N) is 3. The van der Waals surface area contributed by atoms with Gasteiger partial charge in [-0.2, -0.15) is 0 Å². The van der Waals surface area contributed by atoms with Crippen molar-refractivity contribution in [2.24, 2.45) is 0 Å². The molecule has 8 nitrogen and oxygen atoms in total. The van der Waals surface area contributed by atoms with Crippen LogP contribution >= 0.6 is 15.9 Å². The summed E-state index contributed by atoms with van der Waals surface area (Å²) in [4.78, 5) is 28.6. The van der Waals surface area contributed by atoms with E-state index in [2.05, 4.69) is 36.7 Å². The number of aromatic nitrogens is 3. The summed E-state index contributed by atoms with van der Waals surface area (Å²) in [7, 11) is 0. The number of benzene rings is 1. The van der Waals surface area contributed by atoms with Gasteiger partial charge in [0.2, 0.25) is 5.91 Å². The molecule has 146 valence electrons. The molecule has 0 bridgehead atoms. The van der Waals surface area contributed by atoms with Gasteiger partial charge in [-0.15, -0.1) is 0 Å². The molecule has 0 aliphatic rings. The van der Waals surface area contributed by atoms with Crippen molar-refractivity contribution in [3.8, 4) is 11.3 Å². The molecule has 3 aromatic heterocycles. The number of hydrogen-bond acceptors (Lipinski definition) is 5. The normalized spacial score (nSPS) is 10.8. The monoisotopic (exact) mass is 453 g/mol. The molecule has 2 amide bonds. The Morgan fingerprint density at radius 1 is 1.07 bits per heavy atom. The molecule has 4 aromatic rings. The summed E-state index contributed by atoms with van der Waals surface area (Å²) in [6, 6.07) is 14.6. The lowest BCUT2D eigenvalue weighted by molar-refractivity contribution is -0.120. The predicted octanol–water partition coefficient (Wildman–Crippen LogP) is 2.80. The average molecular weight is 454 g/mol. The van der Waals surface area contributed by atoms with E-state index >= 15 is 0 Å². The zero-order valence-electron chi connectivity index (χ0n) is 15.1. The van der Waals surface area contributed by atoms with Gasteiger partial charge in [0.25, 0.3) is 5.91 Å². The molecular weight excluding hydrogens is 438 g/mol. The third-order valence-corrected chi connectivity index (χ3v) is 4.61. The minimum absolute atomic E-state index is 0.114. The lowest BCUT2D eigenvalue weighted by Gasteiger charge is -2.04. The number of rotatable bonds is 6. The van der Waals surface area contributed by atoms with Crippen molar-refractivity contribution in [3.05, 3.63) is 76.8 Å². The fraction of sp³-hybridized carbons (Fsp3) is 0.100. The van der Waals surface area contributed by atoms with Crippen LogP contribution in [0.4, 0.5) is 0 Å². The molecule has 0 saturated heterocycles. The molecule has 4 rings (SSSR count). The van der Waals surface area contributed by atoms with Gasteiger partial charge in [0.15, 0.2) is 11.5 Å². The summed E-state index contributed by atoms with van der Waals surface area (Å²) in [6.07, 6.45) is 3.72. The van der Waals surface area contributed by atoms with Crippen LogP contribution in [0, 0.1) is 0 Å². The Bertz CT molecular complexity index is 1170. The van der Waals surface area contributed by atoms with Crippen LogP contribution in [-0.4, -0.2) is 32.9 Å². The molecule has 0 fully saturated rings. The van der Waals surface area contributed by atoms with Crippen LogP contribution in [0.3, 0.4) is 0 Å². The maximum absolute atomic E-state index is 12.2. The molecule has 0 spiro atoms. The van der Waals surface area contributed by atoms with Crippen LogP contribution in [-0.2, 0) is 11.3 Å². The largest absolute Gasteiger partial charge is 0.355 e. The number of fused-ring (bicyclic) bond motifs is 1. The first-order valence-corrected chi connectivity index (χ1v) is 9.58. The van der Waals surface area contributed by atoms with E-state index in [-0.39, 0.29) is 24.7 Å². The fourth-order valence-electron chi connectivity index (χ4n) is 2.73. The van der Waals surface area contributed by atoms with Crippen molar-refractivity contribution < 1.29 is 14.1 Å². The van der Waals surface area contributed by atoms with E-state index in [0.29, 0.717) is 11.5 Å². The number of nitrogens with one attached hydrogen (secondary N) is 2. The molecule has 0 unspecified atom stereocenters. The van der Waals surface area contributed by atoms with Crippen molar-refractivity contribution in [2.75, 3.05) is 6.54 Å². The van der Waals surface area contributed by atoms with Crippen molar-refractivity contribution >= 4 is 33.4 Å². The van der Waals surface area contributed by atoms with Crippen LogP contribution < -0.4 is 10.6 Å². The molecule has 9 heteroatoms. The van der Waals surface area contributed by atoms with Crippen LogP contribution in [0.5, 0.6) is 0 Å². The number of amides is 2. The molecule has 29 heavy (non-hydrogen) atoms. The molecule has 0 radical (unpaired) electrons. The highest BCUT2D eigenvalue weighted by atomic mass is 79.9. The predicted molar refractivity (Wildman–Crippen MR) is 109 cm³/mol. The molecule has 2 N–H and O–H groups in total. The Balaban J connectivity index is 1.29. The van der Waals surface area contributed by atoms with E-state index in [4.69, 9.17) is 4.52 Å². The SMILES string of the molecule is O=C(CNC(=O)c1cc(-c2ccccc2)on1)NCc1cn2cc(Br)ccc2n1. The number of carbonyl (C=O) groups is 2. The van der Waals surface area contributed by atoms with Gasteiger partial charge in [0.05, 0.1) is 18.8 Å². The lowest BCUT2D eigenvalue weighted by atomic mass is 10.1. The molecule has 0 atom stereocenters. The first-order valence-electron chi connectivity index (χ1n) is 8.79. The first-order chi connectivity index (χ1) is 14.1. The lowest BCUT2D eigenvalue weighted by Crippen LogP contribution is -2.36. The highest BCUT2D eigenvalue weighted by molar-refractivity contribution is 9.10. The van der Waals surface area contributed by atoms with E-state index in [1.165, 1.54) is 6.07 Å². The molecule has 0 saturated carbocycles. The third-order valence-electron chi connectivity index (χ3n) is 4.14. The van der Waals surface area contributed by atoms with Crippen molar-refractivity contribution in [1.29, 1.82) is 0 Å². The van der Waals surface area contributed by atoms with Crippen LogP contribution in [0.1, 0.15) is 16.2 Å². The van der Waals surface area contributed by atoms with Crippen molar-refractivity contribution in [3.63, 3.8) is 0 Å². The van der Waals surface area contributed by atoms with E-state index in [0.717, 1.165) is 15.7 Å². The number of carbonyl (C=O) groups excluding carboxylic acids is 2. The summed E-state index contributed by atoms with van der Waals surface area (Å²) in [5.74, 6) is -0.328. The van der Waals surface area contributed by atoms with Gasteiger partial charge in [0.1, 0.15) is 5.65 Å². The van der Waals surface area contributed by atoms with Gasteiger partial charge >= 0.3 is 0 Å². The van der Waals surface area contributed by atoms with E-state index in [9.17, 15) is 9.59 Å². The van der Waals surface area contributed by atoms with E-state index < -0.39 is 5.91 Å². The van der Waals surface area contributed by atoms with E-state index in [1.54, 1.807) is 0 Å². The number of halogens is 1. The molecule has 0 aliphatic carbocycles. The second-order valence-electron chi connectivity index (χ2n) is 6.25. The summed E-state index contributed by atoms with van der Waals surface area (Å²) in [6.45, 7) is 0.0847. The van der Waals surface area contributed by atoms with Crippen LogP contribution in [0.15, 0.2) is 69.9 Å². The number of hydrogen-bond donors (Lipinski definition) is 2. The van der Waals surface area contributed by atoms with Gasteiger partial charge < -0.3 is 19.6 Å². The maximum atomic E-state index is 12.2. The number of pyridine rings is 1. The smallest absolute Gasteiger partial charge is 0.273 e. The van der Waals surface area contributed by atoms with Crippen LogP contribution in [0.2, 0.25) is 0 Å². The Labute approximate surface area is 174 Å². The van der Waals surface area contributed by atoms with E-state index in [1.807, 2.05) is 59.3 Å². The fourth-order valence-corrected chi connectivity index (χ4v) is 3.08. The second-order valence-corrected chi connectivity index (χ2v) is 7.16. The summed E-state index contributed by atoms with van der Waals surface area (Å²) in [5, 5.41) is 9.02. The second kappa shape index (κ2) is 8.27. The highest BCUT2D eigenvalue weighted by Gasteiger charge is 2.14. The highest BCUT2D eigenvalue weighted by Crippen LogP contribution is 2.19. The van der Waals surface area contributed by atoms with Crippen molar-refractivity contribution in [2.45, 2.75) is 6.54 Å². The molecule has 3 heterocycles.